The van der Waals surface area contributed by atoms with E-state index < -0.39 is 0 Å². The smallest absolute Gasteiger partial charge is 0.163 e. The van der Waals surface area contributed by atoms with Crippen molar-refractivity contribution >= 4 is 11.5 Å². The summed E-state index contributed by atoms with van der Waals surface area (Å²) < 4.78 is 0. The van der Waals surface area contributed by atoms with Crippen molar-refractivity contribution in [1.82, 2.24) is 9.88 Å². The van der Waals surface area contributed by atoms with Crippen LogP contribution in [0.4, 0.5) is 5.69 Å². The maximum atomic E-state index is 12.4. The molecule has 1 aromatic heterocycles. The average Bonchev–Trinajstić information content (AvgIpc) is 2.65. The van der Waals surface area contributed by atoms with Gasteiger partial charge in [0.1, 0.15) is 0 Å². The molecule has 4 heteroatoms. The van der Waals surface area contributed by atoms with Gasteiger partial charge in [-0.25, -0.2) is 0 Å². The molecule has 1 heterocycles. The first-order valence-corrected chi connectivity index (χ1v) is 9.34. The molecule has 1 aromatic carbocycles. The molecule has 140 valence electrons. The van der Waals surface area contributed by atoms with E-state index in [0.717, 1.165) is 37.3 Å². The quantitative estimate of drug-likeness (QED) is 0.499. The topological polar surface area (TPSA) is 45.2 Å². The second-order valence-electron chi connectivity index (χ2n) is 7.72. The molecule has 0 aliphatic carbocycles. The number of hydrogen-bond donors (Lipinski definition) is 1. The maximum absolute atomic E-state index is 12.4. The molecule has 0 radical (unpaired) electrons. The van der Waals surface area contributed by atoms with Gasteiger partial charge in [0.2, 0.25) is 0 Å². The van der Waals surface area contributed by atoms with E-state index >= 15 is 0 Å². The van der Waals surface area contributed by atoms with Gasteiger partial charge in [0.25, 0.3) is 0 Å². The molecule has 2 rings (SSSR count). The Hall–Kier alpha value is -2.20. The summed E-state index contributed by atoms with van der Waals surface area (Å²) in [6.07, 6.45) is 6.26. The Kier molecular flexibility index (Phi) is 7.34. The Bertz CT molecular complexity index is 680. The number of aromatic nitrogens is 1. The van der Waals surface area contributed by atoms with Gasteiger partial charge < -0.3 is 5.32 Å². The summed E-state index contributed by atoms with van der Waals surface area (Å²) in [6.45, 7) is 8.15. The van der Waals surface area contributed by atoms with Gasteiger partial charge in [0, 0.05) is 36.6 Å². The number of carbonyl (C=O) groups is 1. The van der Waals surface area contributed by atoms with Crippen LogP contribution in [-0.4, -0.2) is 35.9 Å². The number of rotatable bonds is 10. The zero-order chi connectivity index (χ0) is 19.0. The summed E-state index contributed by atoms with van der Waals surface area (Å²) in [7, 11) is 2.10. The third-order valence-electron chi connectivity index (χ3n) is 4.89. The van der Waals surface area contributed by atoms with E-state index in [1.54, 1.807) is 0 Å². The predicted octanol–water partition coefficient (Wildman–Crippen LogP) is 4.63. The van der Waals surface area contributed by atoms with Crippen molar-refractivity contribution in [2.24, 2.45) is 5.41 Å². The molecule has 2 aromatic rings. The standard InChI is InChI=1S/C22H31N3O/c1-5-22(2,3)16-21(26)19-6-8-20(9-7-19)24-17-25(4)15-12-18-10-13-23-14-11-18/h6-11,13-14,24H,5,12,15-17H2,1-4H3. The van der Waals surface area contributed by atoms with Gasteiger partial charge in [-0.05, 0) is 60.8 Å². The highest BCUT2D eigenvalue weighted by Gasteiger charge is 2.20. The summed E-state index contributed by atoms with van der Waals surface area (Å²) in [6, 6.07) is 11.9. The molecule has 0 bridgehead atoms. The van der Waals surface area contributed by atoms with Gasteiger partial charge >= 0.3 is 0 Å². The SMILES string of the molecule is CCC(C)(C)CC(=O)c1ccc(NCN(C)CCc2ccncc2)cc1. The minimum atomic E-state index is 0.0610. The van der Waals surface area contributed by atoms with Crippen LogP contribution in [0.25, 0.3) is 0 Å². The van der Waals surface area contributed by atoms with Crippen LogP contribution in [0, 0.1) is 5.41 Å². The van der Waals surface area contributed by atoms with Crippen molar-refractivity contribution < 1.29 is 4.79 Å². The lowest BCUT2D eigenvalue weighted by Crippen LogP contribution is -2.27. The third kappa shape index (κ3) is 6.60. The number of benzene rings is 1. The van der Waals surface area contributed by atoms with Gasteiger partial charge in [-0.2, -0.15) is 0 Å². The van der Waals surface area contributed by atoms with Gasteiger partial charge in [0.05, 0.1) is 6.67 Å². The Labute approximate surface area is 157 Å². The van der Waals surface area contributed by atoms with Crippen molar-refractivity contribution in [3.8, 4) is 0 Å². The molecule has 0 unspecified atom stereocenters. The lowest BCUT2D eigenvalue weighted by Gasteiger charge is -2.21. The van der Waals surface area contributed by atoms with Gasteiger partial charge in [0.15, 0.2) is 5.78 Å². The van der Waals surface area contributed by atoms with Crippen LogP contribution < -0.4 is 5.32 Å². The second-order valence-corrected chi connectivity index (χ2v) is 7.72. The fourth-order valence-electron chi connectivity index (χ4n) is 2.61. The number of pyridine rings is 1. The monoisotopic (exact) mass is 353 g/mol. The molecular weight excluding hydrogens is 322 g/mol. The van der Waals surface area contributed by atoms with E-state index in [2.05, 4.69) is 55.2 Å². The number of likely N-dealkylation sites (N-methyl/N-ethyl adjacent to an activating group) is 1. The van der Waals surface area contributed by atoms with Gasteiger partial charge in [-0.15, -0.1) is 0 Å². The number of Topliss-reactive ketones (excluding diaryl/α,β-unsaturated/α-hetero) is 1. The highest BCUT2D eigenvalue weighted by atomic mass is 16.1. The lowest BCUT2D eigenvalue weighted by molar-refractivity contribution is 0.0928. The van der Waals surface area contributed by atoms with Crippen LogP contribution >= 0.6 is 0 Å². The second kappa shape index (κ2) is 9.48. The van der Waals surface area contributed by atoms with Crippen molar-refractivity contribution in [3.63, 3.8) is 0 Å². The number of ketones is 1. The van der Waals surface area contributed by atoms with Crippen LogP contribution in [0.2, 0.25) is 0 Å². The van der Waals surface area contributed by atoms with Crippen molar-refractivity contribution in [2.45, 2.75) is 40.0 Å². The highest BCUT2D eigenvalue weighted by molar-refractivity contribution is 5.96. The molecule has 0 aliphatic rings. The predicted molar refractivity (Wildman–Crippen MR) is 109 cm³/mol. The summed E-state index contributed by atoms with van der Waals surface area (Å²) in [5, 5.41) is 3.41. The zero-order valence-corrected chi connectivity index (χ0v) is 16.5. The van der Waals surface area contributed by atoms with Crippen molar-refractivity contribution in [1.29, 1.82) is 0 Å². The van der Waals surface area contributed by atoms with E-state index in [1.165, 1.54) is 5.56 Å². The molecule has 4 nitrogen and oxygen atoms in total. The van der Waals surface area contributed by atoms with Crippen LogP contribution in [-0.2, 0) is 6.42 Å². The Morgan fingerprint density at radius 3 is 2.38 bits per heavy atom. The minimum absolute atomic E-state index is 0.0610. The molecule has 0 saturated heterocycles. The molecule has 0 aliphatic heterocycles. The lowest BCUT2D eigenvalue weighted by atomic mass is 9.83. The van der Waals surface area contributed by atoms with E-state index in [0.29, 0.717) is 6.42 Å². The van der Waals surface area contributed by atoms with E-state index in [9.17, 15) is 4.79 Å². The van der Waals surface area contributed by atoms with E-state index in [-0.39, 0.29) is 11.2 Å². The first-order chi connectivity index (χ1) is 12.4. The largest absolute Gasteiger partial charge is 0.372 e. The maximum Gasteiger partial charge on any atom is 0.163 e. The van der Waals surface area contributed by atoms with Gasteiger partial charge in [-0.3, -0.25) is 14.7 Å². The summed E-state index contributed by atoms with van der Waals surface area (Å²) in [5.74, 6) is 0.220. The molecule has 26 heavy (non-hydrogen) atoms. The summed E-state index contributed by atoms with van der Waals surface area (Å²) >= 11 is 0. The Balaban J connectivity index is 1.78. The summed E-state index contributed by atoms with van der Waals surface area (Å²) in [5.41, 5.74) is 3.19. The van der Waals surface area contributed by atoms with E-state index in [1.807, 2.05) is 36.7 Å². The average molecular weight is 354 g/mol. The number of nitrogens with zero attached hydrogens (tertiary/aromatic N) is 2. The zero-order valence-electron chi connectivity index (χ0n) is 16.5. The normalized spacial score (nSPS) is 11.6. The number of hydrogen-bond acceptors (Lipinski definition) is 4. The minimum Gasteiger partial charge on any atom is -0.372 e. The van der Waals surface area contributed by atoms with Crippen LogP contribution in [0.15, 0.2) is 48.8 Å². The molecular formula is C22H31N3O. The fraction of sp³-hybridized carbons (Fsp3) is 0.455. The first kappa shape index (κ1) is 20.1. The van der Waals surface area contributed by atoms with E-state index in [4.69, 9.17) is 0 Å². The molecule has 1 N–H and O–H groups in total. The van der Waals surface area contributed by atoms with Crippen LogP contribution in [0.3, 0.4) is 0 Å². The Morgan fingerprint density at radius 2 is 1.77 bits per heavy atom. The molecule has 0 atom stereocenters. The van der Waals surface area contributed by atoms with Crippen LogP contribution in [0.1, 0.15) is 49.5 Å². The molecule has 0 spiro atoms. The third-order valence-corrected chi connectivity index (χ3v) is 4.89. The van der Waals surface area contributed by atoms with Gasteiger partial charge in [-0.1, -0.05) is 27.2 Å². The first-order valence-electron chi connectivity index (χ1n) is 9.34. The molecule has 0 fully saturated rings. The van der Waals surface area contributed by atoms with Crippen molar-refractivity contribution in [2.75, 3.05) is 25.6 Å². The highest BCUT2D eigenvalue weighted by Crippen LogP contribution is 2.26. The Morgan fingerprint density at radius 1 is 1.12 bits per heavy atom. The van der Waals surface area contributed by atoms with Crippen molar-refractivity contribution in [3.05, 3.63) is 59.9 Å². The molecule has 0 amide bonds. The number of carbonyl (C=O) groups excluding carboxylic acids is 1. The number of anilines is 1. The number of nitrogens with one attached hydrogen (secondary N) is 1. The molecule has 0 saturated carbocycles. The fourth-order valence-corrected chi connectivity index (χ4v) is 2.61. The van der Waals surface area contributed by atoms with Crippen LogP contribution in [0.5, 0.6) is 0 Å². The summed E-state index contributed by atoms with van der Waals surface area (Å²) in [4.78, 5) is 18.7.